The maximum absolute atomic E-state index is 11.2. The number of nitro benzene ring substituents is 1. The van der Waals surface area contributed by atoms with Crippen molar-refractivity contribution in [2.75, 3.05) is 19.0 Å². The predicted octanol–water partition coefficient (Wildman–Crippen LogP) is 2.57. The molecule has 6 heteroatoms. The summed E-state index contributed by atoms with van der Waals surface area (Å²) in [5.74, 6) is 0.388. The Labute approximate surface area is 117 Å². The number of para-hydroxylation sites is 1. The van der Waals surface area contributed by atoms with Crippen molar-refractivity contribution in [2.45, 2.75) is 31.8 Å². The fourth-order valence-corrected chi connectivity index (χ4v) is 2.69. The average molecular weight is 280 g/mol. The summed E-state index contributed by atoms with van der Waals surface area (Å²) >= 11 is 0. The van der Waals surface area contributed by atoms with Gasteiger partial charge >= 0.3 is 5.69 Å². The quantitative estimate of drug-likeness (QED) is 0.639. The van der Waals surface area contributed by atoms with Crippen LogP contribution in [0, 0.1) is 16.0 Å². The summed E-state index contributed by atoms with van der Waals surface area (Å²) in [4.78, 5) is 10.7. The fraction of sp³-hybridized carbons (Fsp3) is 0.571. The van der Waals surface area contributed by atoms with Crippen LogP contribution in [0.2, 0.25) is 0 Å². The number of aliphatic hydroxyl groups excluding tert-OH is 1. The zero-order valence-electron chi connectivity index (χ0n) is 11.5. The minimum absolute atomic E-state index is 0.0553. The molecule has 110 valence electrons. The Kier molecular flexibility index (Phi) is 4.79. The lowest BCUT2D eigenvalue weighted by Gasteiger charge is -2.27. The highest BCUT2D eigenvalue weighted by molar-refractivity contribution is 5.68. The molecule has 1 aliphatic carbocycles. The summed E-state index contributed by atoms with van der Waals surface area (Å²) in [5, 5.41) is 24.2. The van der Waals surface area contributed by atoms with E-state index in [9.17, 15) is 15.2 Å². The molecule has 0 aliphatic heterocycles. The number of rotatable bonds is 5. The lowest BCUT2D eigenvalue weighted by molar-refractivity contribution is -0.384. The van der Waals surface area contributed by atoms with E-state index in [1.165, 1.54) is 7.11 Å². The van der Waals surface area contributed by atoms with Crippen molar-refractivity contribution in [3.8, 4) is 5.75 Å². The molecule has 0 bridgehead atoms. The Bertz CT molecular complexity index is 478. The first kappa shape index (κ1) is 14.6. The van der Waals surface area contributed by atoms with Crippen molar-refractivity contribution in [1.29, 1.82) is 0 Å². The predicted molar refractivity (Wildman–Crippen MR) is 76.1 cm³/mol. The molecular weight excluding hydrogens is 260 g/mol. The van der Waals surface area contributed by atoms with E-state index in [-0.39, 0.29) is 23.5 Å². The molecule has 1 aromatic rings. The summed E-state index contributed by atoms with van der Waals surface area (Å²) in [6, 6.07) is 4.94. The van der Waals surface area contributed by atoms with E-state index < -0.39 is 4.92 Å². The molecule has 0 saturated heterocycles. The summed E-state index contributed by atoms with van der Waals surface area (Å²) in [5.41, 5.74) is 0.382. The lowest BCUT2D eigenvalue weighted by atomic mass is 9.86. The highest BCUT2D eigenvalue weighted by atomic mass is 16.6. The van der Waals surface area contributed by atoms with Gasteiger partial charge in [-0.25, -0.2) is 0 Å². The van der Waals surface area contributed by atoms with Crippen molar-refractivity contribution in [3.05, 3.63) is 28.3 Å². The zero-order valence-corrected chi connectivity index (χ0v) is 11.5. The van der Waals surface area contributed by atoms with Crippen LogP contribution in [0.1, 0.15) is 25.7 Å². The molecule has 2 atom stereocenters. The molecule has 6 nitrogen and oxygen atoms in total. The van der Waals surface area contributed by atoms with Crippen molar-refractivity contribution < 1.29 is 14.8 Å². The molecule has 0 spiro atoms. The third-order valence-electron chi connectivity index (χ3n) is 3.83. The normalized spacial score (nSPS) is 22.3. The second-order valence-electron chi connectivity index (χ2n) is 5.11. The van der Waals surface area contributed by atoms with Crippen molar-refractivity contribution >= 4 is 11.4 Å². The van der Waals surface area contributed by atoms with Gasteiger partial charge in [0.2, 0.25) is 0 Å². The Morgan fingerprint density at radius 1 is 1.45 bits per heavy atom. The minimum Gasteiger partial charge on any atom is -0.490 e. The van der Waals surface area contributed by atoms with Gasteiger partial charge in [-0.15, -0.1) is 0 Å². The Balaban J connectivity index is 2.10. The average Bonchev–Trinajstić information content (AvgIpc) is 2.45. The monoisotopic (exact) mass is 280 g/mol. The first-order valence-corrected chi connectivity index (χ1v) is 6.86. The van der Waals surface area contributed by atoms with Gasteiger partial charge in [0.15, 0.2) is 5.75 Å². The molecule has 0 amide bonds. The molecule has 2 rings (SSSR count). The van der Waals surface area contributed by atoms with Gasteiger partial charge in [-0.3, -0.25) is 10.1 Å². The fourth-order valence-electron chi connectivity index (χ4n) is 2.69. The standard InChI is InChI=1S/C14H20N2O4/c1-20-13-8-4-6-11(14(13)16(18)19)15-9-10-5-2-3-7-12(10)17/h4,6,8,10,12,15,17H,2-3,5,7,9H2,1H3. The third-order valence-corrected chi connectivity index (χ3v) is 3.83. The van der Waals surface area contributed by atoms with Crippen LogP contribution in [0.4, 0.5) is 11.4 Å². The van der Waals surface area contributed by atoms with Crippen molar-refractivity contribution in [1.82, 2.24) is 0 Å². The van der Waals surface area contributed by atoms with Gasteiger partial charge in [0.1, 0.15) is 5.69 Å². The van der Waals surface area contributed by atoms with E-state index in [0.717, 1.165) is 25.7 Å². The number of methoxy groups -OCH3 is 1. The number of hydrogen-bond acceptors (Lipinski definition) is 5. The van der Waals surface area contributed by atoms with Gasteiger partial charge in [0, 0.05) is 12.5 Å². The van der Waals surface area contributed by atoms with E-state index in [2.05, 4.69) is 5.32 Å². The topological polar surface area (TPSA) is 84.6 Å². The van der Waals surface area contributed by atoms with Crippen LogP contribution in [-0.4, -0.2) is 29.8 Å². The highest BCUT2D eigenvalue weighted by Crippen LogP contribution is 2.35. The Morgan fingerprint density at radius 3 is 2.85 bits per heavy atom. The number of anilines is 1. The van der Waals surface area contributed by atoms with Crippen LogP contribution < -0.4 is 10.1 Å². The number of nitro groups is 1. The van der Waals surface area contributed by atoms with Crippen molar-refractivity contribution in [3.63, 3.8) is 0 Å². The van der Waals surface area contributed by atoms with Gasteiger partial charge < -0.3 is 15.2 Å². The summed E-state index contributed by atoms with van der Waals surface area (Å²) in [7, 11) is 1.41. The van der Waals surface area contributed by atoms with E-state index in [4.69, 9.17) is 4.74 Å². The number of nitrogens with one attached hydrogen (secondary N) is 1. The highest BCUT2D eigenvalue weighted by Gasteiger charge is 2.25. The van der Waals surface area contributed by atoms with Gasteiger partial charge in [-0.1, -0.05) is 18.9 Å². The van der Waals surface area contributed by atoms with E-state index in [1.54, 1.807) is 18.2 Å². The Morgan fingerprint density at radius 2 is 2.20 bits per heavy atom. The maximum atomic E-state index is 11.2. The molecule has 0 aromatic heterocycles. The first-order valence-electron chi connectivity index (χ1n) is 6.86. The SMILES string of the molecule is COc1cccc(NCC2CCCCC2O)c1[N+](=O)[O-]. The number of aliphatic hydroxyl groups is 1. The van der Waals surface area contributed by atoms with Gasteiger partial charge in [0.05, 0.1) is 18.1 Å². The molecule has 0 radical (unpaired) electrons. The Hall–Kier alpha value is -1.82. The number of hydrogen-bond donors (Lipinski definition) is 2. The van der Waals surface area contributed by atoms with Crippen LogP contribution >= 0.6 is 0 Å². The summed E-state index contributed by atoms with van der Waals surface area (Å²) < 4.78 is 5.03. The molecule has 1 aromatic carbocycles. The molecule has 20 heavy (non-hydrogen) atoms. The van der Waals surface area contributed by atoms with Crippen molar-refractivity contribution in [2.24, 2.45) is 5.92 Å². The van der Waals surface area contributed by atoms with Crippen LogP contribution in [-0.2, 0) is 0 Å². The number of benzene rings is 1. The van der Waals surface area contributed by atoms with Crippen LogP contribution in [0.15, 0.2) is 18.2 Å². The lowest BCUT2D eigenvalue weighted by Crippen LogP contribution is -2.30. The summed E-state index contributed by atoms with van der Waals surface area (Å²) in [6.45, 7) is 0.537. The maximum Gasteiger partial charge on any atom is 0.333 e. The molecule has 1 fully saturated rings. The van der Waals surface area contributed by atoms with Crippen LogP contribution in [0.5, 0.6) is 5.75 Å². The number of nitrogens with zero attached hydrogens (tertiary/aromatic N) is 1. The van der Waals surface area contributed by atoms with E-state index in [1.807, 2.05) is 0 Å². The molecular formula is C14H20N2O4. The van der Waals surface area contributed by atoms with Crippen LogP contribution in [0.25, 0.3) is 0 Å². The zero-order chi connectivity index (χ0) is 14.5. The van der Waals surface area contributed by atoms with Gasteiger partial charge in [0.25, 0.3) is 0 Å². The second-order valence-corrected chi connectivity index (χ2v) is 5.11. The van der Waals surface area contributed by atoms with Crippen LogP contribution in [0.3, 0.4) is 0 Å². The molecule has 2 unspecified atom stereocenters. The van der Waals surface area contributed by atoms with E-state index in [0.29, 0.717) is 12.2 Å². The smallest absolute Gasteiger partial charge is 0.333 e. The molecule has 1 saturated carbocycles. The third kappa shape index (κ3) is 3.19. The first-order chi connectivity index (χ1) is 9.63. The number of ether oxygens (including phenoxy) is 1. The minimum atomic E-state index is -0.446. The van der Waals surface area contributed by atoms with E-state index >= 15 is 0 Å². The molecule has 2 N–H and O–H groups in total. The molecule has 0 heterocycles. The second kappa shape index (κ2) is 6.56. The van der Waals surface area contributed by atoms with Gasteiger partial charge in [-0.2, -0.15) is 0 Å². The largest absolute Gasteiger partial charge is 0.490 e. The summed E-state index contributed by atoms with van der Waals surface area (Å²) in [6.07, 6.45) is 3.60. The van der Waals surface area contributed by atoms with Gasteiger partial charge in [-0.05, 0) is 25.0 Å². The molecule has 1 aliphatic rings.